The van der Waals surface area contributed by atoms with Gasteiger partial charge in [-0.25, -0.2) is 15.0 Å². The normalized spacial score (nSPS) is 11.8. The lowest BCUT2D eigenvalue weighted by Crippen LogP contribution is -2.01. The molecule has 0 saturated heterocycles. The molecule has 53 heavy (non-hydrogen) atoms. The molecule has 0 N–H and O–H groups in total. The Morgan fingerprint density at radius 3 is 1.70 bits per heavy atom. The fraction of sp³-hybridized carbons (Fsp3) is 0. The second kappa shape index (κ2) is 11.7. The first-order valence-corrected chi connectivity index (χ1v) is 17.8. The third kappa shape index (κ3) is 4.88. The molecule has 2 aromatic heterocycles. The van der Waals surface area contributed by atoms with Crippen LogP contribution in [0.25, 0.3) is 110 Å². The molecule has 2 heterocycles. The fourth-order valence-corrected chi connectivity index (χ4v) is 7.85. The summed E-state index contributed by atoms with van der Waals surface area (Å²) in [6, 6.07) is 61.6. The third-order valence-electron chi connectivity index (χ3n) is 10.4. The molecule has 0 amide bonds. The van der Waals surface area contributed by atoms with Gasteiger partial charge in [0.25, 0.3) is 0 Å². The molecule has 0 bridgehead atoms. The zero-order valence-electron chi connectivity index (χ0n) is 28.5. The Balaban J connectivity index is 1.22. The summed E-state index contributed by atoms with van der Waals surface area (Å²) in [6.07, 6.45) is 0. The maximum Gasteiger partial charge on any atom is 0.164 e. The highest BCUT2D eigenvalue weighted by Crippen LogP contribution is 2.41. The minimum Gasteiger partial charge on any atom is -0.455 e. The number of furan rings is 1. The first-order valence-electron chi connectivity index (χ1n) is 17.8. The van der Waals surface area contributed by atoms with Crippen LogP contribution >= 0.6 is 0 Å². The molecule has 4 heteroatoms. The molecule has 0 radical (unpaired) electrons. The molecule has 9 aromatic carbocycles. The van der Waals surface area contributed by atoms with Crippen LogP contribution in [0.4, 0.5) is 0 Å². The van der Waals surface area contributed by atoms with Crippen molar-refractivity contribution in [1.29, 1.82) is 0 Å². The van der Waals surface area contributed by atoms with Crippen molar-refractivity contribution in [3.63, 3.8) is 0 Å². The van der Waals surface area contributed by atoms with Crippen LogP contribution in [0.5, 0.6) is 0 Å². The molecule has 0 aliphatic heterocycles. The monoisotopic (exact) mass is 675 g/mol. The van der Waals surface area contributed by atoms with Crippen LogP contribution in [0.15, 0.2) is 180 Å². The average molecular weight is 676 g/mol. The van der Waals surface area contributed by atoms with Crippen molar-refractivity contribution in [1.82, 2.24) is 15.0 Å². The van der Waals surface area contributed by atoms with Gasteiger partial charge in [0.1, 0.15) is 11.2 Å². The van der Waals surface area contributed by atoms with Crippen molar-refractivity contribution in [3.05, 3.63) is 176 Å². The zero-order chi connectivity index (χ0) is 34.9. The van der Waals surface area contributed by atoms with E-state index in [9.17, 15) is 0 Å². The lowest BCUT2D eigenvalue weighted by molar-refractivity contribution is 0.670. The van der Waals surface area contributed by atoms with Gasteiger partial charge in [-0.2, -0.15) is 0 Å². The summed E-state index contributed by atoms with van der Waals surface area (Å²) in [4.78, 5) is 15.8. The van der Waals surface area contributed by atoms with E-state index >= 15 is 0 Å². The standard InChI is InChI=1S/C49H29N3O/c1-2-13-31(14-3-1)41-27-37(28-43-42-25-33-16-6-7-17-34(33)29-45(42)53-46(41)43)48-50-47(36-23-22-30-12-4-5-15-32(30)24-36)51-49(52-48)44-26-35-18-8-9-19-38(35)39-20-10-11-21-40(39)44/h1-29H. The molecule has 0 aliphatic rings. The molecule has 246 valence electrons. The smallest absolute Gasteiger partial charge is 0.164 e. The van der Waals surface area contributed by atoms with E-state index in [0.717, 1.165) is 71.3 Å². The van der Waals surface area contributed by atoms with Gasteiger partial charge in [-0.1, -0.05) is 140 Å². The van der Waals surface area contributed by atoms with Crippen molar-refractivity contribution in [2.75, 3.05) is 0 Å². The maximum absolute atomic E-state index is 6.70. The summed E-state index contributed by atoms with van der Waals surface area (Å²) in [5.74, 6) is 1.85. The molecule has 0 spiro atoms. The predicted molar refractivity (Wildman–Crippen MR) is 219 cm³/mol. The van der Waals surface area contributed by atoms with Gasteiger partial charge in [-0.15, -0.1) is 0 Å². The highest BCUT2D eigenvalue weighted by Gasteiger charge is 2.20. The van der Waals surface area contributed by atoms with Gasteiger partial charge < -0.3 is 4.42 Å². The maximum atomic E-state index is 6.70. The quantitative estimate of drug-likeness (QED) is 0.174. The molecule has 0 aliphatic carbocycles. The van der Waals surface area contributed by atoms with Crippen molar-refractivity contribution in [2.45, 2.75) is 0 Å². The molecular formula is C49H29N3O. The number of nitrogens with zero attached hydrogens (tertiary/aromatic N) is 3. The Morgan fingerprint density at radius 1 is 0.302 bits per heavy atom. The summed E-state index contributed by atoms with van der Waals surface area (Å²) in [6.45, 7) is 0. The highest BCUT2D eigenvalue weighted by molar-refractivity contribution is 6.15. The first kappa shape index (κ1) is 29.5. The van der Waals surface area contributed by atoms with E-state index in [-0.39, 0.29) is 0 Å². The Hall–Kier alpha value is -7.17. The van der Waals surface area contributed by atoms with Gasteiger partial charge >= 0.3 is 0 Å². The minimum atomic E-state index is 0.601. The Morgan fingerprint density at radius 2 is 0.906 bits per heavy atom. The van der Waals surface area contributed by atoms with E-state index in [0.29, 0.717) is 17.5 Å². The summed E-state index contributed by atoms with van der Waals surface area (Å²) >= 11 is 0. The SMILES string of the molecule is c1ccc(-c2cc(-c3nc(-c4ccc5ccccc5c4)nc(-c4cc5ccccc5c5ccccc45)n3)cc3c2oc2cc4ccccc4cc23)cc1. The second-order valence-electron chi connectivity index (χ2n) is 13.6. The van der Waals surface area contributed by atoms with Crippen LogP contribution in [0.2, 0.25) is 0 Å². The van der Waals surface area contributed by atoms with E-state index in [4.69, 9.17) is 19.4 Å². The van der Waals surface area contributed by atoms with E-state index in [1.54, 1.807) is 0 Å². The number of hydrogen-bond acceptors (Lipinski definition) is 4. The summed E-state index contributed by atoms with van der Waals surface area (Å²) in [5, 5.41) is 11.3. The van der Waals surface area contributed by atoms with Gasteiger partial charge in [0.2, 0.25) is 0 Å². The van der Waals surface area contributed by atoms with E-state index in [1.807, 2.05) is 6.07 Å². The predicted octanol–water partition coefficient (Wildman–Crippen LogP) is 13.1. The highest BCUT2D eigenvalue weighted by atomic mass is 16.3. The van der Waals surface area contributed by atoms with Crippen LogP contribution in [-0.2, 0) is 0 Å². The molecule has 0 fully saturated rings. The number of rotatable bonds is 4. The molecule has 4 nitrogen and oxygen atoms in total. The summed E-state index contributed by atoms with van der Waals surface area (Å²) in [7, 11) is 0. The van der Waals surface area contributed by atoms with Crippen molar-refractivity contribution < 1.29 is 4.42 Å². The van der Waals surface area contributed by atoms with E-state index in [2.05, 4.69) is 170 Å². The average Bonchev–Trinajstić information content (AvgIpc) is 3.59. The fourth-order valence-electron chi connectivity index (χ4n) is 7.85. The zero-order valence-corrected chi connectivity index (χ0v) is 28.5. The van der Waals surface area contributed by atoms with Gasteiger partial charge in [0.15, 0.2) is 17.5 Å². The molecule has 11 aromatic rings. The summed E-state index contributed by atoms with van der Waals surface area (Å²) < 4.78 is 6.70. The number of benzene rings is 9. The van der Waals surface area contributed by atoms with Gasteiger partial charge in [0.05, 0.1) is 0 Å². The third-order valence-corrected chi connectivity index (χ3v) is 10.4. The van der Waals surface area contributed by atoms with Gasteiger partial charge in [-0.3, -0.25) is 0 Å². The largest absolute Gasteiger partial charge is 0.455 e. The van der Waals surface area contributed by atoms with Crippen molar-refractivity contribution in [3.8, 4) is 45.3 Å². The lowest BCUT2D eigenvalue weighted by Gasteiger charge is -2.13. The van der Waals surface area contributed by atoms with Gasteiger partial charge in [0, 0.05) is 33.0 Å². The Bertz CT molecular complexity index is 3240. The molecular weight excluding hydrogens is 647 g/mol. The number of aromatic nitrogens is 3. The van der Waals surface area contributed by atoms with E-state index in [1.165, 1.54) is 21.5 Å². The topological polar surface area (TPSA) is 51.8 Å². The van der Waals surface area contributed by atoms with Crippen molar-refractivity contribution >= 4 is 65.0 Å². The molecule has 11 rings (SSSR count). The lowest BCUT2D eigenvalue weighted by atomic mass is 9.96. The van der Waals surface area contributed by atoms with Crippen LogP contribution < -0.4 is 0 Å². The first-order chi connectivity index (χ1) is 26.2. The summed E-state index contributed by atoms with van der Waals surface area (Å²) in [5.41, 5.74) is 6.54. The van der Waals surface area contributed by atoms with Crippen LogP contribution in [0, 0.1) is 0 Å². The molecule has 0 atom stereocenters. The number of hydrogen-bond donors (Lipinski definition) is 0. The van der Waals surface area contributed by atoms with Crippen LogP contribution in [0.1, 0.15) is 0 Å². The molecule has 0 unspecified atom stereocenters. The van der Waals surface area contributed by atoms with Crippen LogP contribution in [0.3, 0.4) is 0 Å². The van der Waals surface area contributed by atoms with Gasteiger partial charge in [-0.05, 0) is 85.1 Å². The second-order valence-corrected chi connectivity index (χ2v) is 13.6. The van der Waals surface area contributed by atoms with Crippen molar-refractivity contribution in [2.24, 2.45) is 0 Å². The Kier molecular flexibility index (Phi) is 6.52. The van der Waals surface area contributed by atoms with E-state index < -0.39 is 0 Å². The number of fused-ring (bicyclic) bond motifs is 8. The van der Waals surface area contributed by atoms with Crippen LogP contribution in [-0.4, -0.2) is 15.0 Å². The Labute approximate surface area is 304 Å². The minimum absolute atomic E-state index is 0.601. The molecule has 0 saturated carbocycles.